The molecule has 4 heterocycles. The molecule has 1 N–H and O–H groups in total. The zero-order chi connectivity index (χ0) is 17.6. The molecule has 5 rings (SSSR count). The van der Waals surface area contributed by atoms with Gasteiger partial charge in [-0.1, -0.05) is 6.07 Å². The summed E-state index contributed by atoms with van der Waals surface area (Å²) in [5.41, 5.74) is 2.44. The van der Waals surface area contributed by atoms with Gasteiger partial charge in [0.15, 0.2) is 0 Å². The minimum Gasteiger partial charge on any atom is -0.340 e. The van der Waals surface area contributed by atoms with E-state index in [4.69, 9.17) is 4.98 Å². The Labute approximate surface area is 154 Å². The van der Waals surface area contributed by atoms with Crippen molar-refractivity contribution in [3.63, 3.8) is 0 Å². The molecule has 138 valence electrons. The van der Waals surface area contributed by atoms with E-state index >= 15 is 0 Å². The van der Waals surface area contributed by atoms with E-state index in [1.165, 1.54) is 12.8 Å². The lowest BCUT2D eigenvalue weighted by atomic mass is 9.91. The van der Waals surface area contributed by atoms with Crippen LogP contribution in [0.25, 0.3) is 5.65 Å². The number of imidazole rings is 1. The van der Waals surface area contributed by atoms with E-state index in [-0.39, 0.29) is 0 Å². The minimum atomic E-state index is 0.301. The molecule has 0 bridgehead atoms. The van der Waals surface area contributed by atoms with Crippen LogP contribution in [0.15, 0.2) is 30.6 Å². The van der Waals surface area contributed by atoms with Gasteiger partial charge in [-0.05, 0) is 49.9 Å². The predicted molar refractivity (Wildman–Crippen MR) is 99.7 cm³/mol. The molecule has 6 heteroatoms. The smallest absolute Gasteiger partial charge is 0.226 e. The summed E-state index contributed by atoms with van der Waals surface area (Å²) >= 11 is 0. The molecule has 2 aromatic rings. The van der Waals surface area contributed by atoms with E-state index in [2.05, 4.69) is 25.7 Å². The Morgan fingerprint density at radius 2 is 2.00 bits per heavy atom. The SMILES string of the molecule is O=C(C1CC12CCNCC2)N1CCN(Cc2cn3ccccc3n2)CC1. The Morgan fingerprint density at radius 1 is 1.19 bits per heavy atom. The van der Waals surface area contributed by atoms with E-state index in [0.717, 1.165) is 63.6 Å². The number of carbonyl (C=O) groups is 1. The molecule has 0 aromatic carbocycles. The van der Waals surface area contributed by atoms with Gasteiger partial charge in [-0.25, -0.2) is 4.98 Å². The third kappa shape index (κ3) is 2.91. The Morgan fingerprint density at radius 3 is 2.77 bits per heavy atom. The lowest BCUT2D eigenvalue weighted by molar-refractivity contribution is -0.135. The number of hydrogen-bond donors (Lipinski definition) is 1. The van der Waals surface area contributed by atoms with Crippen LogP contribution in [-0.4, -0.2) is 64.4 Å². The maximum absolute atomic E-state index is 12.9. The first-order chi connectivity index (χ1) is 12.7. The summed E-state index contributed by atoms with van der Waals surface area (Å²) in [5.74, 6) is 0.717. The van der Waals surface area contributed by atoms with Crippen molar-refractivity contribution >= 4 is 11.6 Å². The lowest BCUT2D eigenvalue weighted by Crippen LogP contribution is -2.49. The normalized spacial score (nSPS) is 25.7. The molecule has 26 heavy (non-hydrogen) atoms. The molecule has 3 aliphatic rings. The van der Waals surface area contributed by atoms with E-state index < -0.39 is 0 Å². The van der Waals surface area contributed by atoms with Gasteiger partial charge in [-0.15, -0.1) is 0 Å². The van der Waals surface area contributed by atoms with Gasteiger partial charge in [0.2, 0.25) is 5.91 Å². The largest absolute Gasteiger partial charge is 0.340 e. The maximum atomic E-state index is 12.9. The van der Waals surface area contributed by atoms with Crippen molar-refractivity contribution in [1.29, 1.82) is 0 Å². The number of nitrogens with zero attached hydrogens (tertiary/aromatic N) is 4. The molecular weight excluding hydrogens is 326 g/mol. The van der Waals surface area contributed by atoms with Crippen LogP contribution in [0.4, 0.5) is 0 Å². The summed E-state index contributed by atoms with van der Waals surface area (Å²) < 4.78 is 2.07. The van der Waals surface area contributed by atoms with Crippen LogP contribution in [0.5, 0.6) is 0 Å². The second-order valence-electron chi connectivity index (χ2n) is 8.17. The molecule has 2 saturated heterocycles. The molecule has 6 nitrogen and oxygen atoms in total. The van der Waals surface area contributed by atoms with E-state index in [9.17, 15) is 4.79 Å². The van der Waals surface area contributed by atoms with Crippen LogP contribution in [0, 0.1) is 11.3 Å². The Bertz CT molecular complexity index is 768. The quantitative estimate of drug-likeness (QED) is 0.906. The van der Waals surface area contributed by atoms with Crippen molar-refractivity contribution in [3.8, 4) is 0 Å². The second kappa shape index (κ2) is 6.35. The monoisotopic (exact) mass is 353 g/mol. The van der Waals surface area contributed by atoms with Gasteiger partial charge in [0, 0.05) is 51.0 Å². The van der Waals surface area contributed by atoms with Crippen LogP contribution >= 0.6 is 0 Å². The number of fused-ring (bicyclic) bond motifs is 1. The Kier molecular flexibility index (Phi) is 3.98. The zero-order valence-corrected chi connectivity index (χ0v) is 15.2. The van der Waals surface area contributed by atoms with Gasteiger partial charge in [0.05, 0.1) is 5.69 Å². The Balaban J connectivity index is 1.16. The highest BCUT2D eigenvalue weighted by molar-refractivity contribution is 5.83. The molecule has 1 spiro atoms. The highest BCUT2D eigenvalue weighted by Gasteiger charge is 2.58. The fraction of sp³-hybridized carbons (Fsp3) is 0.600. The fourth-order valence-corrected chi connectivity index (χ4v) is 4.81. The molecule has 1 amide bonds. The van der Waals surface area contributed by atoms with Crippen LogP contribution in [-0.2, 0) is 11.3 Å². The number of rotatable bonds is 3. The van der Waals surface area contributed by atoms with Crippen LogP contribution in [0.1, 0.15) is 25.0 Å². The van der Waals surface area contributed by atoms with Crippen LogP contribution in [0.3, 0.4) is 0 Å². The topological polar surface area (TPSA) is 52.9 Å². The third-order valence-corrected chi connectivity index (χ3v) is 6.57. The van der Waals surface area contributed by atoms with Gasteiger partial charge in [-0.2, -0.15) is 0 Å². The third-order valence-electron chi connectivity index (χ3n) is 6.57. The van der Waals surface area contributed by atoms with E-state index in [1.807, 2.05) is 24.4 Å². The van der Waals surface area contributed by atoms with Crippen LogP contribution in [0.2, 0.25) is 0 Å². The lowest BCUT2D eigenvalue weighted by Gasteiger charge is -2.35. The number of pyridine rings is 1. The first kappa shape index (κ1) is 16.3. The van der Waals surface area contributed by atoms with Gasteiger partial charge < -0.3 is 14.6 Å². The van der Waals surface area contributed by atoms with Crippen molar-refractivity contribution < 1.29 is 4.79 Å². The second-order valence-corrected chi connectivity index (χ2v) is 8.17. The van der Waals surface area contributed by atoms with Crippen molar-refractivity contribution in [3.05, 3.63) is 36.3 Å². The summed E-state index contributed by atoms with van der Waals surface area (Å²) in [7, 11) is 0. The first-order valence-electron chi connectivity index (χ1n) is 9.88. The molecule has 1 aliphatic carbocycles. The van der Waals surface area contributed by atoms with Crippen molar-refractivity contribution in [2.45, 2.75) is 25.8 Å². The van der Waals surface area contributed by atoms with Gasteiger partial charge in [0.1, 0.15) is 5.65 Å². The van der Waals surface area contributed by atoms with Crippen LogP contribution < -0.4 is 5.32 Å². The number of hydrogen-bond acceptors (Lipinski definition) is 4. The average Bonchev–Trinajstić information content (AvgIpc) is 3.19. The highest BCUT2D eigenvalue weighted by atomic mass is 16.2. The molecule has 2 aromatic heterocycles. The summed E-state index contributed by atoms with van der Waals surface area (Å²) in [6.45, 7) is 6.63. The van der Waals surface area contributed by atoms with Gasteiger partial charge in [0.25, 0.3) is 0 Å². The van der Waals surface area contributed by atoms with Crippen molar-refractivity contribution in [2.75, 3.05) is 39.3 Å². The summed E-state index contributed by atoms with van der Waals surface area (Å²) in [5, 5.41) is 3.42. The zero-order valence-electron chi connectivity index (χ0n) is 15.2. The van der Waals surface area contributed by atoms with E-state index in [1.54, 1.807) is 0 Å². The van der Waals surface area contributed by atoms with Gasteiger partial charge in [-0.3, -0.25) is 9.69 Å². The van der Waals surface area contributed by atoms with Gasteiger partial charge >= 0.3 is 0 Å². The molecule has 2 aliphatic heterocycles. The number of piperidine rings is 1. The molecular formula is C20H27N5O. The first-order valence-corrected chi connectivity index (χ1v) is 9.88. The number of amides is 1. The molecule has 3 fully saturated rings. The number of nitrogens with one attached hydrogen (secondary N) is 1. The predicted octanol–water partition coefficient (Wildman–Crippen LogP) is 1.37. The van der Waals surface area contributed by atoms with Crippen molar-refractivity contribution in [1.82, 2.24) is 24.5 Å². The summed E-state index contributed by atoms with van der Waals surface area (Å²) in [6, 6.07) is 6.08. The Hall–Kier alpha value is -1.92. The maximum Gasteiger partial charge on any atom is 0.226 e. The number of aromatic nitrogens is 2. The molecule has 0 radical (unpaired) electrons. The minimum absolute atomic E-state index is 0.301. The highest BCUT2D eigenvalue weighted by Crippen LogP contribution is 2.59. The fourth-order valence-electron chi connectivity index (χ4n) is 4.81. The number of carbonyl (C=O) groups excluding carboxylic acids is 1. The van der Waals surface area contributed by atoms with Crippen molar-refractivity contribution in [2.24, 2.45) is 11.3 Å². The standard InChI is InChI=1S/C20H27N5O/c26-19(17-13-20(17)4-6-21-7-5-20)24-11-9-23(10-12-24)14-16-15-25-8-2-1-3-18(25)22-16/h1-3,8,15,17,21H,4-7,9-14H2. The summed E-state index contributed by atoms with van der Waals surface area (Å²) in [6.07, 6.45) is 7.62. The number of piperazine rings is 1. The summed E-state index contributed by atoms with van der Waals surface area (Å²) in [4.78, 5) is 22.1. The molecule has 1 atom stereocenters. The molecule has 1 saturated carbocycles. The molecule has 1 unspecified atom stereocenters. The average molecular weight is 353 g/mol. The van der Waals surface area contributed by atoms with E-state index in [0.29, 0.717) is 17.2 Å².